The van der Waals surface area contributed by atoms with E-state index in [0.29, 0.717) is 18.9 Å². The molecule has 2 amide bonds. The molecule has 0 spiro atoms. The van der Waals surface area contributed by atoms with Gasteiger partial charge in [-0.05, 0) is 32.6 Å². The average molecular weight is 294 g/mol. The van der Waals surface area contributed by atoms with Crippen LogP contribution in [0.25, 0.3) is 0 Å². The van der Waals surface area contributed by atoms with Crippen LogP contribution in [-0.4, -0.2) is 35.8 Å². The van der Waals surface area contributed by atoms with Gasteiger partial charge in [0.1, 0.15) is 0 Å². The lowest BCUT2D eigenvalue weighted by atomic mass is 9.91. The predicted molar refractivity (Wildman–Crippen MR) is 83.8 cm³/mol. The maximum atomic E-state index is 12.3. The molecule has 0 aromatic carbocycles. The van der Waals surface area contributed by atoms with Crippen molar-refractivity contribution in [2.45, 2.75) is 71.3 Å². The van der Waals surface area contributed by atoms with E-state index in [-0.39, 0.29) is 23.8 Å². The third-order valence-electron chi connectivity index (χ3n) is 4.94. The summed E-state index contributed by atoms with van der Waals surface area (Å²) in [5.74, 6) is 0.686. The van der Waals surface area contributed by atoms with E-state index in [2.05, 4.69) is 5.32 Å². The highest BCUT2D eigenvalue weighted by molar-refractivity contribution is 5.89. The predicted octanol–water partition coefficient (Wildman–Crippen LogP) is 2.72. The molecular weight excluding hydrogens is 264 g/mol. The van der Waals surface area contributed by atoms with Crippen molar-refractivity contribution in [2.24, 2.45) is 11.8 Å². The Morgan fingerprint density at radius 1 is 1.19 bits per heavy atom. The van der Waals surface area contributed by atoms with Crippen molar-refractivity contribution < 1.29 is 9.59 Å². The number of hydrogen-bond donors (Lipinski definition) is 1. The summed E-state index contributed by atoms with van der Waals surface area (Å²) in [6.45, 7) is 5.40. The van der Waals surface area contributed by atoms with E-state index in [9.17, 15) is 9.59 Å². The van der Waals surface area contributed by atoms with E-state index in [0.717, 1.165) is 6.54 Å². The van der Waals surface area contributed by atoms with Gasteiger partial charge in [-0.25, -0.2) is 0 Å². The standard InChI is InChI=1S/C17H30N2O2/c1-13(2)19-12-15(10-16(19)20)17(21)18-11-14-8-6-4-3-5-7-9-14/h13-15H,3-12H2,1-2H3,(H,18,21)/t15-/m0/s1. The fourth-order valence-corrected chi connectivity index (χ4v) is 3.54. The Morgan fingerprint density at radius 3 is 2.38 bits per heavy atom. The van der Waals surface area contributed by atoms with Gasteiger partial charge in [-0.1, -0.05) is 32.1 Å². The van der Waals surface area contributed by atoms with Crippen LogP contribution in [0.3, 0.4) is 0 Å². The largest absolute Gasteiger partial charge is 0.356 e. The lowest BCUT2D eigenvalue weighted by Crippen LogP contribution is -2.37. The number of amides is 2. The van der Waals surface area contributed by atoms with Crippen LogP contribution < -0.4 is 5.32 Å². The summed E-state index contributed by atoms with van der Waals surface area (Å²) in [6, 6.07) is 0.195. The van der Waals surface area contributed by atoms with Gasteiger partial charge >= 0.3 is 0 Å². The summed E-state index contributed by atoms with van der Waals surface area (Å²) in [5, 5.41) is 3.10. The molecule has 21 heavy (non-hydrogen) atoms. The Bertz CT molecular complexity index is 360. The molecule has 0 bridgehead atoms. The monoisotopic (exact) mass is 294 g/mol. The van der Waals surface area contributed by atoms with E-state index in [1.54, 1.807) is 0 Å². The van der Waals surface area contributed by atoms with E-state index in [1.165, 1.54) is 44.9 Å². The molecule has 1 saturated carbocycles. The van der Waals surface area contributed by atoms with Gasteiger partial charge in [-0.15, -0.1) is 0 Å². The van der Waals surface area contributed by atoms with Crippen LogP contribution in [0.1, 0.15) is 65.2 Å². The normalized spacial score (nSPS) is 25.0. The topological polar surface area (TPSA) is 49.4 Å². The molecule has 0 radical (unpaired) electrons. The first-order valence-electron chi connectivity index (χ1n) is 8.65. The van der Waals surface area contributed by atoms with Crippen LogP contribution in [0.2, 0.25) is 0 Å². The number of likely N-dealkylation sites (tertiary alicyclic amines) is 1. The molecule has 1 aliphatic carbocycles. The molecule has 1 aliphatic heterocycles. The van der Waals surface area contributed by atoms with Crippen LogP contribution in [-0.2, 0) is 9.59 Å². The van der Waals surface area contributed by atoms with E-state index < -0.39 is 0 Å². The van der Waals surface area contributed by atoms with Crippen molar-refractivity contribution in [2.75, 3.05) is 13.1 Å². The Hall–Kier alpha value is -1.06. The van der Waals surface area contributed by atoms with Crippen molar-refractivity contribution in [3.05, 3.63) is 0 Å². The van der Waals surface area contributed by atoms with Gasteiger partial charge < -0.3 is 10.2 Å². The summed E-state index contributed by atoms with van der Waals surface area (Å²) in [6.07, 6.45) is 9.50. The number of nitrogens with one attached hydrogen (secondary N) is 1. The quantitative estimate of drug-likeness (QED) is 0.866. The van der Waals surface area contributed by atoms with Gasteiger partial charge in [0.25, 0.3) is 0 Å². The van der Waals surface area contributed by atoms with Crippen molar-refractivity contribution in [1.82, 2.24) is 10.2 Å². The molecule has 4 nitrogen and oxygen atoms in total. The zero-order valence-electron chi connectivity index (χ0n) is 13.6. The van der Waals surface area contributed by atoms with Crippen molar-refractivity contribution >= 4 is 11.8 Å². The second-order valence-electron chi connectivity index (χ2n) is 7.00. The minimum absolute atomic E-state index is 0.0774. The van der Waals surface area contributed by atoms with Crippen molar-refractivity contribution in [1.29, 1.82) is 0 Å². The molecule has 2 fully saturated rings. The van der Waals surface area contributed by atoms with E-state index >= 15 is 0 Å². The number of carbonyl (C=O) groups excluding carboxylic acids is 2. The highest BCUT2D eigenvalue weighted by Gasteiger charge is 2.35. The van der Waals surface area contributed by atoms with Crippen molar-refractivity contribution in [3.8, 4) is 0 Å². The first-order valence-corrected chi connectivity index (χ1v) is 8.65. The molecule has 1 heterocycles. The summed E-state index contributed by atoms with van der Waals surface area (Å²) in [4.78, 5) is 26.0. The SMILES string of the molecule is CC(C)N1C[C@@H](C(=O)NCC2CCCCCCC2)CC1=O. The fraction of sp³-hybridized carbons (Fsp3) is 0.882. The molecule has 0 aromatic heterocycles. The highest BCUT2D eigenvalue weighted by atomic mass is 16.2. The molecule has 1 N–H and O–H groups in total. The van der Waals surface area contributed by atoms with Gasteiger partial charge in [0.05, 0.1) is 5.92 Å². The molecule has 4 heteroatoms. The van der Waals surface area contributed by atoms with Crippen LogP contribution in [0.5, 0.6) is 0 Å². The maximum absolute atomic E-state index is 12.3. The number of rotatable bonds is 4. The van der Waals surface area contributed by atoms with Gasteiger partial charge in [-0.2, -0.15) is 0 Å². The Labute approximate surface area is 128 Å². The summed E-state index contributed by atoms with van der Waals surface area (Å²) in [5.41, 5.74) is 0. The van der Waals surface area contributed by atoms with Gasteiger partial charge in [0.2, 0.25) is 11.8 Å². The smallest absolute Gasteiger partial charge is 0.225 e. The van der Waals surface area contributed by atoms with Crippen LogP contribution in [0, 0.1) is 11.8 Å². The average Bonchev–Trinajstić information content (AvgIpc) is 2.79. The van der Waals surface area contributed by atoms with Gasteiger partial charge in [0, 0.05) is 25.6 Å². The molecule has 2 rings (SSSR count). The summed E-state index contributed by atoms with van der Waals surface area (Å²) in [7, 11) is 0. The highest BCUT2D eigenvalue weighted by Crippen LogP contribution is 2.23. The second kappa shape index (κ2) is 7.81. The molecule has 0 aromatic rings. The minimum atomic E-state index is -0.145. The minimum Gasteiger partial charge on any atom is -0.356 e. The second-order valence-corrected chi connectivity index (χ2v) is 7.00. The maximum Gasteiger partial charge on any atom is 0.225 e. The first kappa shape index (κ1) is 16.3. The summed E-state index contributed by atoms with van der Waals surface area (Å²) < 4.78 is 0. The van der Waals surface area contributed by atoms with Crippen LogP contribution >= 0.6 is 0 Å². The number of nitrogens with zero attached hydrogens (tertiary/aromatic N) is 1. The zero-order chi connectivity index (χ0) is 15.2. The molecular formula is C17H30N2O2. The number of hydrogen-bond acceptors (Lipinski definition) is 2. The molecule has 120 valence electrons. The Morgan fingerprint density at radius 2 is 1.81 bits per heavy atom. The third-order valence-corrected chi connectivity index (χ3v) is 4.94. The lowest BCUT2D eigenvalue weighted by Gasteiger charge is -2.22. The van der Waals surface area contributed by atoms with E-state index in [1.807, 2.05) is 18.7 Å². The lowest BCUT2D eigenvalue weighted by molar-refractivity contribution is -0.130. The van der Waals surface area contributed by atoms with Crippen molar-refractivity contribution in [3.63, 3.8) is 0 Å². The van der Waals surface area contributed by atoms with Crippen LogP contribution in [0.4, 0.5) is 0 Å². The Kier molecular flexibility index (Phi) is 6.07. The molecule has 0 unspecified atom stereocenters. The molecule has 2 aliphatic rings. The van der Waals surface area contributed by atoms with Gasteiger partial charge in [-0.3, -0.25) is 9.59 Å². The Balaban J connectivity index is 1.75. The van der Waals surface area contributed by atoms with Crippen LogP contribution in [0.15, 0.2) is 0 Å². The number of carbonyl (C=O) groups is 2. The first-order chi connectivity index (χ1) is 10.1. The van der Waals surface area contributed by atoms with E-state index in [4.69, 9.17) is 0 Å². The van der Waals surface area contributed by atoms with Gasteiger partial charge in [0.15, 0.2) is 0 Å². The zero-order valence-corrected chi connectivity index (χ0v) is 13.6. The molecule has 1 atom stereocenters. The third kappa shape index (κ3) is 4.72. The summed E-state index contributed by atoms with van der Waals surface area (Å²) >= 11 is 0. The molecule has 1 saturated heterocycles. The fourth-order valence-electron chi connectivity index (χ4n) is 3.54.